The molecule has 1 aliphatic heterocycles. The van der Waals surface area contributed by atoms with Crippen molar-refractivity contribution < 1.29 is 14.3 Å². The maximum atomic E-state index is 11.7. The minimum Gasteiger partial charge on any atom is -0.495 e. The number of nitrogens with one attached hydrogen (secondary N) is 1. The number of hydrogen-bond acceptors (Lipinski definition) is 5. The third-order valence-corrected chi connectivity index (χ3v) is 3.32. The second kappa shape index (κ2) is 5.72. The molecule has 1 heterocycles. The summed E-state index contributed by atoms with van der Waals surface area (Å²) < 4.78 is 5.07. The summed E-state index contributed by atoms with van der Waals surface area (Å²) >= 11 is 0. The lowest BCUT2D eigenvalue weighted by atomic mass is 10.1. The first-order valence-electron chi connectivity index (χ1n) is 6.17. The van der Waals surface area contributed by atoms with Gasteiger partial charge in [0.2, 0.25) is 11.8 Å². The monoisotopic (exact) mass is 273 g/mol. The van der Waals surface area contributed by atoms with Gasteiger partial charge in [0, 0.05) is 13.6 Å². The van der Waals surface area contributed by atoms with Gasteiger partial charge in [-0.1, -0.05) is 6.07 Å². The lowest BCUT2D eigenvalue weighted by Gasteiger charge is -2.11. The molecule has 1 atom stereocenters. The van der Waals surface area contributed by atoms with E-state index in [0.717, 1.165) is 10.5 Å². The van der Waals surface area contributed by atoms with E-state index in [0.29, 0.717) is 17.9 Å². The number of rotatable bonds is 4. The number of methoxy groups -OCH3 is 1. The van der Waals surface area contributed by atoms with Crippen molar-refractivity contribution in [2.45, 2.75) is 19.0 Å². The highest BCUT2D eigenvalue weighted by atomic mass is 16.5. The van der Waals surface area contributed by atoms with Crippen molar-refractivity contribution in [3.05, 3.63) is 29.3 Å². The lowest BCUT2D eigenvalue weighted by Crippen LogP contribution is -2.36. The minimum absolute atomic E-state index is 0.177. The number of imide groups is 1. The molecule has 2 amide bonds. The first kappa shape index (κ1) is 14.0. The van der Waals surface area contributed by atoms with Gasteiger partial charge in [-0.2, -0.15) is 5.26 Å². The summed E-state index contributed by atoms with van der Waals surface area (Å²) in [5.74, 6) is 0.118. The Morgan fingerprint density at radius 3 is 2.80 bits per heavy atom. The standard InChI is InChI=1S/C14H15N3O3/c1-17-13(18)6-11(14(17)19)16-8-9-3-4-12(20-2)10(5-9)7-15/h3-5,11,16H,6,8H2,1-2H3. The molecule has 1 unspecified atom stereocenters. The molecule has 0 aliphatic carbocycles. The molecule has 6 nitrogen and oxygen atoms in total. The number of hydrogen-bond donors (Lipinski definition) is 1. The van der Waals surface area contributed by atoms with Gasteiger partial charge in [0.25, 0.3) is 0 Å². The summed E-state index contributed by atoms with van der Waals surface area (Å²) in [6.07, 6.45) is 0.177. The maximum absolute atomic E-state index is 11.7. The Morgan fingerprint density at radius 1 is 1.50 bits per heavy atom. The Morgan fingerprint density at radius 2 is 2.25 bits per heavy atom. The molecule has 1 aromatic rings. The average molecular weight is 273 g/mol. The van der Waals surface area contributed by atoms with Gasteiger partial charge in [0.05, 0.1) is 25.1 Å². The summed E-state index contributed by atoms with van der Waals surface area (Å²) in [4.78, 5) is 24.3. The van der Waals surface area contributed by atoms with Gasteiger partial charge in [0.1, 0.15) is 11.8 Å². The van der Waals surface area contributed by atoms with E-state index < -0.39 is 6.04 Å². The summed E-state index contributed by atoms with van der Waals surface area (Å²) in [6.45, 7) is 0.413. The molecule has 1 fully saturated rings. The van der Waals surface area contributed by atoms with E-state index in [1.807, 2.05) is 6.07 Å². The topological polar surface area (TPSA) is 82.4 Å². The van der Waals surface area contributed by atoms with Crippen molar-refractivity contribution >= 4 is 11.8 Å². The Balaban J connectivity index is 2.04. The predicted molar refractivity (Wildman–Crippen MR) is 70.7 cm³/mol. The van der Waals surface area contributed by atoms with Gasteiger partial charge in [-0.3, -0.25) is 14.5 Å². The molecular weight excluding hydrogens is 258 g/mol. The van der Waals surface area contributed by atoms with E-state index in [-0.39, 0.29) is 18.2 Å². The Labute approximate surface area is 116 Å². The number of likely N-dealkylation sites (tertiary alicyclic amines) is 1. The molecule has 20 heavy (non-hydrogen) atoms. The van der Waals surface area contributed by atoms with Crippen molar-refractivity contribution in [1.29, 1.82) is 5.26 Å². The Bertz CT molecular complexity index is 592. The fraction of sp³-hybridized carbons (Fsp3) is 0.357. The summed E-state index contributed by atoms with van der Waals surface area (Å²) in [6, 6.07) is 6.80. The highest BCUT2D eigenvalue weighted by Crippen LogP contribution is 2.19. The second-order valence-electron chi connectivity index (χ2n) is 4.58. The number of nitrogens with zero attached hydrogens (tertiary/aromatic N) is 2. The number of likely N-dealkylation sites (N-methyl/N-ethyl adjacent to an activating group) is 1. The number of ether oxygens (including phenoxy) is 1. The van der Waals surface area contributed by atoms with Gasteiger partial charge in [-0.25, -0.2) is 0 Å². The van der Waals surface area contributed by atoms with Gasteiger partial charge in [-0.05, 0) is 17.7 Å². The predicted octanol–water partition coefficient (Wildman–Crippen LogP) is 0.414. The zero-order valence-electron chi connectivity index (χ0n) is 11.3. The van der Waals surface area contributed by atoms with Gasteiger partial charge in [0.15, 0.2) is 0 Å². The van der Waals surface area contributed by atoms with E-state index in [4.69, 9.17) is 10.00 Å². The molecule has 0 aromatic heterocycles. The van der Waals surface area contributed by atoms with E-state index in [1.165, 1.54) is 14.2 Å². The summed E-state index contributed by atoms with van der Waals surface area (Å²) in [5.41, 5.74) is 1.30. The van der Waals surface area contributed by atoms with Gasteiger partial charge in [-0.15, -0.1) is 0 Å². The van der Waals surface area contributed by atoms with Crippen LogP contribution in [0.25, 0.3) is 0 Å². The quantitative estimate of drug-likeness (QED) is 0.804. The minimum atomic E-state index is -0.486. The Hall–Kier alpha value is -2.39. The van der Waals surface area contributed by atoms with E-state index >= 15 is 0 Å². The van der Waals surface area contributed by atoms with Crippen LogP contribution in [-0.4, -0.2) is 36.9 Å². The normalized spacial score (nSPS) is 18.2. The highest BCUT2D eigenvalue weighted by Gasteiger charge is 2.35. The van der Waals surface area contributed by atoms with Crippen molar-refractivity contribution in [3.8, 4) is 11.8 Å². The third kappa shape index (κ3) is 2.63. The number of amides is 2. The first-order valence-corrected chi connectivity index (χ1v) is 6.17. The van der Waals surface area contributed by atoms with E-state index in [9.17, 15) is 9.59 Å². The van der Waals surface area contributed by atoms with Crippen LogP contribution in [-0.2, 0) is 16.1 Å². The summed E-state index contributed by atoms with van der Waals surface area (Å²) in [7, 11) is 2.99. The van der Waals surface area contributed by atoms with Crippen molar-refractivity contribution in [2.75, 3.05) is 14.2 Å². The fourth-order valence-corrected chi connectivity index (χ4v) is 2.11. The number of nitriles is 1. The van der Waals surface area contributed by atoms with Crippen LogP contribution in [0.5, 0.6) is 5.75 Å². The molecule has 0 radical (unpaired) electrons. The number of carbonyl (C=O) groups is 2. The molecule has 1 aliphatic rings. The molecule has 104 valence electrons. The fourth-order valence-electron chi connectivity index (χ4n) is 2.11. The molecule has 1 aromatic carbocycles. The molecule has 1 N–H and O–H groups in total. The van der Waals surface area contributed by atoms with Crippen LogP contribution >= 0.6 is 0 Å². The Kier molecular flexibility index (Phi) is 4.01. The van der Waals surface area contributed by atoms with Gasteiger partial charge < -0.3 is 10.1 Å². The molecule has 0 saturated carbocycles. The molecule has 1 saturated heterocycles. The lowest BCUT2D eigenvalue weighted by molar-refractivity contribution is -0.137. The van der Waals surface area contributed by atoms with Crippen molar-refractivity contribution in [3.63, 3.8) is 0 Å². The van der Waals surface area contributed by atoms with Crippen molar-refractivity contribution in [1.82, 2.24) is 10.2 Å². The molecule has 6 heteroatoms. The number of carbonyl (C=O) groups excluding carboxylic acids is 2. The zero-order chi connectivity index (χ0) is 14.7. The number of benzene rings is 1. The van der Waals surface area contributed by atoms with Crippen LogP contribution in [0.1, 0.15) is 17.5 Å². The van der Waals surface area contributed by atoms with Crippen LogP contribution in [0.2, 0.25) is 0 Å². The smallest absolute Gasteiger partial charge is 0.246 e. The zero-order valence-corrected chi connectivity index (χ0v) is 11.3. The molecule has 0 spiro atoms. The van der Waals surface area contributed by atoms with E-state index in [1.54, 1.807) is 12.1 Å². The molecular formula is C14H15N3O3. The molecule has 0 bridgehead atoms. The SMILES string of the molecule is COc1ccc(CNC2CC(=O)N(C)C2=O)cc1C#N. The van der Waals surface area contributed by atoms with Crippen LogP contribution < -0.4 is 10.1 Å². The largest absolute Gasteiger partial charge is 0.495 e. The van der Waals surface area contributed by atoms with Crippen LogP contribution in [0, 0.1) is 11.3 Å². The summed E-state index contributed by atoms with van der Waals surface area (Å²) in [5, 5.41) is 12.0. The average Bonchev–Trinajstić information content (AvgIpc) is 2.72. The highest BCUT2D eigenvalue weighted by molar-refractivity contribution is 6.05. The first-order chi connectivity index (χ1) is 9.56. The third-order valence-electron chi connectivity index (χ3n) is 3.32. The van der Waals surface area contributed by atoms with Crippen LogP contribution in [0.3, 0.4) is 0 Å². The second-order valence-corrected chi connectivity index (χ2v) is 4.58. The molecule has 2 rings (SSSR count). The van der Waals surface area contributed by atoms with E-state index in [2.05, 4.69) is 11.4 Å². The van der Waals surface area contributed by atoms with Gasteiger partial charge >= 0.3 is 0 Å². The van der Waals surface area contributed by atoms with Crippen LogP contribution in [0.15, 0.2) is 18.2 Å². The van der Waals surface area contributed by atoms with Crippen LogP contribution in [0.4, 0.5) is 0 Å². The van der Waals surface area contributed by atoms with Crippen molar-refractivity contribution in [2.24, 2.45) is 0 Å². The maximum Gasteiger partial charge on any atom is 0.246 e.